The zero-order valence-corrected chi connectivity index (χ0v) is 14.0. The van der Waals surface area contributed by atoms with E-state index >= 15 is 0 Å². The minimum absolute atomic E-state index is 0.0414. The molecule has 1 aromatic rings. The number of amides is 1. The van der Waals surface area contributed by atoms with Gasteiger partial charge in [0.2, 0.25) is 0 Å². The minimum Gasteiger partial charge on any atom is -0.481 e. The number of hydrogen-bond acceptors (Lipinski definition) is 3. The summed E-state index contributed by atoms with van der Waals surface area (Å²) in [6, 6.07) is 3.77. The van der Waals surface area contributed by atoms with Gasteiger partial charge >= 0.3 is 5.97 Å². The van der Waals surface area contributed by atoms with E-state index in [-0.39, 0.29) is 23.7 Å². The molecular weight excluding hydrogens is 286 g/mol. The summed E-state index contributed by atoms with van der Waals surface area (Å²) in [6.07, 6.45) is 1.62. The number of nitrogens with one attached hydrogen (secondary N) is 1. The fourth-order valence-corrected chi connectivity index (χ4v) is 3.10. The molecule has 0 aliphatic carbocycles. The summed E-state index contributed by atoms with van der Waals surface area (Å²) >= 11 is 1.48. The van der Waals surface area contributed by atoms with Gasteiger partial charge in [-0.3, -0.25) is 9.59 Å². The molecule has 0 bridgehead atoms. The molecular formula is C16H25NO3S. The maximum Gasteiger partial charge on any atom is 0.303 e. The number of aryl methyl sites for hydroxylation is 1. The third kappa shape index (κ3) is 6.29. The first kappa shape index (κ1) is 17.7. The molecule has 0 spiro atoms. The monoisotopic (exact) mass is 311 g/mol. The Labute approximate surface area is 130 Å². The molecule has 4 nitrogen and oxygen atoms in total. The molecule has 2 N–H and O–H groups in total. The molecule has 0 aromatic carbocycles. The number of carboxylic acids is 1. The Balaban J connectivity index is 2.46. The molecule has 1 heterocycles. The van der Waals surface area contributed by atoms with E-state index in [9.17, 15) is 9.59 Å². The predicted octanol–water partition coefficient (Wildman–Crippen LogP) is 3.70. The van der Waals surface area contributed by atoms with Crippen LogP contribution in [0.5, 0.6) is 0 Å². The molecule has 1 amide bonds. The van der Waals surface area contributed by atoms with Gasteiger partial charge in [-0.25, -0.2) is 0 Å². The average molecular weight is 311 g/mol. The van der Waals surface area contributed by atoms with E-state index in [1.807, 2.05) is 19.1 Å². The lowest BCUT2D eigenvalue weighted by Crippen LogP contribution is -2.29. The topological polar surface area (TPSA) is 66.4 Å². The van der Waals surface area contributed by atoms with Crippen LogP contribution >= 0.6 is 11.3 Å². The van der Waals surface area contributed by atoms with Crippen LogP contribution in [0.4, 0.5) is 0 Å². The van der Waals surface area contributed by atoms with Crippen LogP contribution < -0.4 is 5.32 Å². The normalized spacial score (nSPS) is 13.0. The van der Waals surface area contributed by atoms with Crippen molar-refractivity contribution in [2.75, 3.05) is 6.54 Å². The largest absolute Gasteiger partial charge is 0.481 e. The maximum absolute atomic E-state index is 12.0. The summed E-state index contributed by atoms with van der Waals surface area (Å²) in [6.45, 7) is 8.90. The highest BCUT2D eigenvalue weighted by Gasteiger charge is 2.25. The zero-order valence-electron chi connectivity index (χ0n) is 13.2. The standard InChI is InChI=1S/C16H25NO3S/c1-11-5-7-13(21-11)15(20)17-10-9-12(16(2,3)4)6-8-14(18)19/h5,7,12H,6,8-10H2,1-4H3,(H,17,20)(H,18,19). The number of thiophene rings is 1. The summed E-state index contributed by atoms with van der Waals surface area (Å²) in [5.41, 5.74) is 0.0414. The van der Waals surface area contributed by atoms with Crippen LogP contribution in [0.2, 0.25) is 0 Å². The third-order valence-electron chi connectivity index (χ3n) is 3.67. The molecule has 1 atom stereocenters. The number of rotatable bonds is 7. The van der Waals surface area contributed by atoms with E-state index in [1.54, 1.807) is 0 Å². The molecule has 21 heavy (non-hydrogen) atoms. The van der Waals surface area contributed by atoms with Crippen LogP contribution in [-0.2, 0) is 4.79 Å². The number of carboxylic acid groups (broad SMARTS) is 1. The second kappa shape index (κ2) is 7.59. The number of hydrogen-bond donors (Lipinski definition) is 2. The van der Waals surface area contributed by atoms with Gasteiger partial charge in [-0.15, -0.1) is 11.3 Å². The van der Waals surface area contributed by atoms with Gasteiger partial charge in [0.1, 0.15) is 0 Å². The van der Waals surface area contributed by atoms with E-state index in [4.69, 9.17) is 5.11 Å². The van der Waals surface area contributed by atoms with Crippen molar-refractivity contribution in [2.24, 2.45) is 11.3 Å². The lowest BCUT2D eigenvalue weighted by atomic mass is 9.76. The van der Waals surface area contributed by atoms with Crippen molar-refractivity contribution in [2.45, 2.75) is 47.0 Å². The van der Waals surface area contributed by atoms with Gasteiger partial charge in [0.25, 0.3) is 5.91 Å². The number of carbonyl (C=O) groups excluding carboxylic acids is 1. The summed E-state index contributed by atoms with van der Waals surface area (Å²) in [4.78, 5) is 24.5. The second-order valence-corrected chi connectivity index (χ2v) is 7.74. The quantitative estimate of drug-likeness (QED) is 0.807. The van der Waals surface area contributed by atoms with Gasteiger partial charge in [0.15, 0.2) is 0 Å². The molecule has 5 heteroatoms. The van der Waals surface area contributed by atoms with E-state index in [2.05, 4.69) is 26.1 Å². The SMILES string of the molecule is Cc1ccc(C(=O)NCCC(CCC(=O)O)C(C)(C)C)s1. The lowest BCUT2D eigenvalue weighted by molar-refractivity contribution is -0.137. The van der Waals surface area contributed by atoms with Gasteiger partial charge in [-0.2, -0.15) is 0 Å². The van der Waals surface area contributed by atoms with Gasteiger partial charge in [-0.1, -0.05) is 20.8 Å². The van der Waals surface area contributed by atoms with Crippen LogP contribution in [0.25, 0.3) is 0 Å². The molecule has 0 aliphatic rings. The summed E-state index contributed by atoms with van der Waals surface area (Å²) < 4.78 is 0. The Hall–Kier alpha value is -1.36. The minimum atomic E-state index is -0.762. The van der Waals surface area contributed by atoms with Gasteiger partial charge in [-0.05, 0) is 43.2 Å². The first-order chi connectivity index (χ1) is 9.70. The smallest absolute Gasteiger partial charge is 0.303 e. The van der Waals surface area contributed by atoms with E-state index < -0.39 is 5.97 Å². The lowest BCUT2D eigenvalue weighted by Gasteiger charge is -2.30. The van der Waals surface area contributed by atoms with Crippen LogP contribution in [0.15, 0.2) is 12.1 Å². The van der Waals surface area contributed by atoms with E-state index in [0.717, 1.165) is 16.2 Å². The van der Waals surface area contributed by atoms with Crippen molar-refractivity contribution in [1.29, 1.82) is 0 Å². The molecule has 0 fully saturated rings. The first-order valence-electron chi connectivity index (χ1n) is 7.26. The fourth-order valence-electron chi connectivity index (χ4n) is 2.31. The zero-order chi connectivity index (χ0) is 16.0. The van der Waals surface area contributed by atoms with Crippen molar-refractivity contribution in [3.8, 4) is 0 Å². The van der Waals surface area contributed by atoms with Crippen LogP contribution in [0.1, 0.15) is 54.6 Å². The van der Waals surface area contributed by atoms with Gasteiger partial charge in [0, 0.05) is 17.8 Å². The van der Waals surface area contributed by atoms with Gasteiger partial charge < -0.3 is 10.4 Å². The average Bonchev–Trinajstić information content (AvgIpc) is 2.78. The molecule has 1 aromatic heterocycles. The molecule has 118 valence electrons. The highest BCUT2D eigenvalue weighted by atomic mass is 32.1. The Morgan fingerprint density at radius 1 is 1.29 bits per heavy atom. The Morgan fingerprint density at radius 3 is 2.43 bits per heavy atom. The maximum atomic E-state index is 12.0. The Morgan fingerprint density at radius 2 is 1.95 bits per heavy atom. The first-order valence-corrected chi connectivity index (χ1v) is 8.08. The van der Waals surface area contributed by atoms with Crippen LogP contribution in [-0.4, -0.2) is 23.5 Å². The highest BCUT2D eigenvalue weighted by molar-refractivity contribution is 7.13. The number of aliphatic carboxylic acids is 1. The highest BCUT2D eigenvalue weighted by Crippen LogP contribution is 2.32. The van der Waals surface area contributed by atoms with Crippen molar-refractivity contribution >= 4 is 23.2 Å². The third-order valence-corrected chi connectivity index (χ3v) is 4.67. The summed E-state index contributed by atoms with van der Waals surface area (Å²) in [5.74, 6) is -0.527. The number of carbonyl (C=O) groups is 2. The Kier molecular flexibility index (Phi) is 6.40. The van der Waals surface area contributed by atoms with Crippen molar-refractivity contribution in [3.05, 3.63) is 21.9 Å². The van der Waals surface area contributed by atoms with Gasteiger partial charge in [0.05, 0.1) is 4.88 Å². The van der Waals surface area contributed by atoms with E-state index in [1.165, 1.54) is 11.3 Å². The van der Waals surface area contributed by atoms with Crippen molar-refractivity contribution in [3.63, 3.8) is 0 Å². The molecule has 1 rings (SSSR count). The van der Waals surface area contributed by atoms with Crippen LogP contribution in [0, 0.1) is 18.3 Å². The van der Waals surface area contributed by atoms with Crippen molar-refractivity contribution in [1.82, 2.24) is 5.32 Å². The molecule has 0 saturated carbocycles. The fraction of sp³-hybridized carbons (Fsp3) is 0.625. The summed E-state index contributed by atoms with van der Waals surface area (Å²) in [7, 11) is 0. The molecule has 0 saturated heterocycles. The molecule has 0 aliphatic heterocycles. The molecule has 1 unspecified atom stereocenters. The van der Waals surface area contributed by atoms with Crippen LogP contribution in [0.3, 0.4) is 0 Å². The Bertz CT molecular complexity index is 488. The van der Waals surface area contributed by atoms with E-state index in [0.29, 0.717) is 13.0 Å². The second-order valence-electron chi connectivity index (χ2n) is 6.45. The predicted molar refractivity (Wildman–Crippen MR) is 85.8 cm³/mol. The van der Waals surface area contributed by atoms with Crippen molar-refractivity contribution < 1.29 is 14.7 Å². The molecule has 0 radical (unpaired) electrons. The summed E-state index contributed by atoms with van der Waals surface area (Å²) in [5, 5.41) is 11.8.